The van der Waals surface area contributed by atoms with E-state index in [2.05, 4.69) is 21.2 Å². The lowest BCUT2D eigenvalue weighted by Gasteiger charge is -2.28. The summed E-state index contributed by atoms with van der Waals surface area (Å²) in [5.41, 5.74) is 0. The van der Waals surface area contributed by atoms with E-state index in [1.807, 2.05) is 6.20 Å². The molecule has 3 rings (SSSR count). The topological polar surface area (TPSA) is 29.9 Å². The molecule has 1 aromatic heterocycles. The number of rotatable bonds is 0. The summed E-state index contributed by atoms with van der Waals surface area (Å²) < 4.78 is 2.17. The average Bonchev–Trinajstić information content (AvgIpc) is 2.71. The van der Waals surface area contributed by atoms with E-state index in [0.717, 1.165) is 12.5 Å². The molecule has 2 unspecified atom stereocenters. The summed E-state index contributed by atoms with van der Waals surface area (Å²) in [6.07, 6.45) is 5.96. The number of hydrogen-bond donors (Lipinski definition) is 1. The van der Waals surface area contributed by atoms with Gasteiger partial charge < -0.3 is 5.32 Å². The predicted molar refractivity (Wildman–Crippen MR) is 47.1 cm³/mol. The van der Waals surface area contributed by atoms with Crippen molar-refractivity contribution in [3.8, 4) is 0 Å². The summed E-state index contributed by atoms with van der Waals surface area (Å²) in [4.78, 5) is 0. The summed E-state index contributed by atoms with van der Waals surface area (Å²) >= 11 is 0. The van der Waals surface area contributed by atoms with Crippen LogP contribution in [-0.4, -0.2) is 16.3 Å². The molecule has 0 amide bonds. The van der Waals surface area contributed by atoms with Crippen LogP contribution in [0.4, 0.5) is 5.82 Å². The van der Waals surface area contributed by atoms with Crippen molar-refractivity contribution in [2.24, 2.45) is 5.92 Å². The Morgan fingerprint density at radius 1 is 1.50 bits per heavy atom. The Bertz CT molecular complexity index is 292. The highest BCUT2D eigenvalue weighted by molar-refractivity contribution is 5.36. The third kappa shape index (κ3) is 0.737. The van der Waals surface area contributed by atoms with E-state index in [1.165, 1.54) is 25.1 Å². The van der Waals surface area contributed by atoms with Crippen LogP contribution in [0.5, 0.6) is 0 Å². The first kappa shape index (κ1) is 6.52. The average molecular weight is 163 g/mol. The Morgan fingerprint density at radius 2 is 2.50 bits per heavy atom. The lowest BCUT2D eigenvalue weighted by atomic mass is 10.0. The SMILES string of the molecule is c1cc2n(n1)C1CCCC1CN2. The Labute approximate surface area is 71.8 Å². The van der Waals surface area contributed by atoms with Crippen LogP contribution in [0, 0.1) is 5.92 Å². The second-order valence-corrected chi connectivity index (χ2v) is 3.80. The molecule has 12 heavy (non-hydrogen) atoms. The zero-order valence-corrected chi connectivity index (χ0v) is 7.03. The van der Waals surface area contributed by atoms with E-state index in [4.69, 9.17) is 0 Å². The quantitative estimate of drug-likeness (QED) is 0.630. The van der Waals surface area contributed by atoms with Crippen LogP contribution in [0.25, 0.3) is 0 Å². The molecular weight excluding hydrogens is 150 g/mol. The van der Waals surface area contributed by atoms with Crippen LogP contribution in [-0.2, 0) is 0 Å². The van der Waals surface area contributed by atoms with Gasteiger partial charge in [-0.15, -0.1) is 0 Å². The van der Waals surface area contributed by atoms with Gasteiger partial charge in [-0.2, -0.15) is 5.10 Å². The first-order valence-corrected chi connectivity index (χ1v) is 4.72. The fourth-order valence-electron chi connectivity index (χ4n) is 2.53. The third-order valence-electron chi connectivity index (χ3n) is 3.15. The minimum Gasteiger partial charge on any atom is -0.370 e. The van der Waals surface area contributed by atoms with Crippen LogP contribution in [0.15, 0.2) is 12.3 Å². The molecule has 1 aliphatic heterocycles. The third-order valence-corrected chi connectivity index (χ3v) is 3.15. The summed E-state index contributed by atoms with van der Waals surface area (Å²) in [5, 5.41) is 7.77. The van der Waals surface area contributed by atoms with Gasteiger partial charge in [0.1, 0.15) is 5.82 Å². The van der Waals surface area contributed by atoms with Crippen LogP contribution in [0.3, 0.4) is 0 Å². The maximum absolute atomic E-state index is 4.35. The molecule has 64 valence electrons. The normalized spacial score (nSPS) is 32.3. The first-order valence-electron chi connectivity index (χ1n) is 4.72. The van der Waals surface area contributed by atoms with Crippen molar-refractivity contribution >= 4 is 5.82 Å². The van der Waals surface area contributed by atoms with Crippen molar-refractivity contribution < 1.29 is 0 Å². The molecule has 1 aliphatic carbocycles. The fourth-order valence-corrected chi connectivity index (χ4v) is 2.53. The number of hydrogen-bond acceptors (Lipinski definition) is 2. The van der Waals surface area contributed by atoms with E-state index in [1.54, 1.807) is 0 Å². The minimum atomic E-state index is 0.691. The highest BCUT2D eigenvalue weighted by atomic mass is 15.4. The summed E-state index contributed by atoms with van der Waals surface area (Å²) in [6, 6.07) is 2.76. The lowest BCUT2D eigenvalue weighted by Crippen LogP contribution is -2.29. The van der Waals surface area contributed by atoms with E-state index in [9.17, 15) is 0 Å². The van der Waals surface area contributed by atoms with Gasteiger partial charge in [-0.25, -0.2) is 4.68 Å². The molecule has 2 aliphatic rings. The van der Waals surface area contributed by atoms with Gasteiger partial charge in [0.15, 0.2) is 0 Å². The summed E-state index contributed by atoms with van der Waals surface area (Å²) in [7, 11) is 0. The molecule has 0 radical (unpaired) electrons. The second-order valence-electron chi connectivity index (χ2n) is 3.80. The number of aromatic nitrogens is 2. The molecule has 1 aromatic rings. The number of nitrogens with zero attached hydrogens (tertiary/aromatic N) is 2. The molecular formula is C9H13N3. The molecule has 1 fully saturated rings. The van der Waals surface area contributed by atoms with Gasteiger partial charge in [0, 0.05) is 12.6 Å². The Morgan fingerprint density at radius 3 is 3.50 bits per heavy atom. The van der Waals surface area contributed by atoms with E-state index >= 15 is 0 Å². The maximum atomic E-state index is 4.35. The Balaban J connectivity index is 2.04. The second kappa shape index (κ2) is 2.25. The summed E-state index contributed by atoms with van der Waals surface area (Å²) in [6.45, 7) is 1.15. The van der Waals surface area contributed by atoms with Gasteiger partial charge in [0.2, 0.25) is 0 Å². The molecule has 2 heterocycles. The number of nitrogens with one attached hydrogen (secondary N) is 1. The molecule has 1 saturated carbocycles. The monoisotopic (exact) mass is 163 g/mol. The van der Waals surface area contributed by atoms with Crippen molar-refractivity contribution in [2.75, 3.05) is 11.9 Å². The van der Waals surface area contributed by atoms with Crippen LogP contribution < -0.4 is 5.32 Å². The molecule has 1 N–H and O–H groups in total. The van der Waals surface area contributed by atoms with Crippen molar-refractivity contribution in [3.63, 3.8) is 0 Å². The van der Waals surface area contributed by atoms with Crippen molar-refractivity contribution in [1.82, 2.24) is 9.78 Å². The number of anilines is 1. The predicted octanol–water partition coefficient (Wildman–Crippen LogP) is 1.65. The summed E-state index contributed by atoms with van der Waals surface area (Å²) in [5.74, 6) is 2.04. The number of fused-ring (bicyclic) bond motifs is 3. The van der Waals surface area contributed by atoms with Gasteiger partial charge in [-0.3, -0.25) is 0 Å². The highest BCUT2D eigenvalue weighted by Gasteiger charge is 2.33. The van der Waals surface area contributed by atoms with Crippen LogP contribution in [0.2, 0.25) is 0 Å². The van der Waals surface area contributed by atoms with Crippen LogP contribution >= 0.6 is 0 Å². The van der Waals surface area contributed by atoms with Crippen molar-refractivity contribution in [2.45, 2.75) is 25.3 Å². The smallest absolute Gasteiger partial charge is 0.124 e. The van der Waals surface area contributed by atoms with Gasteiger partial charge in [0.25, 0.3) is 0 Å². The van der Waals surface area contributed by atoms with Gasteiger partial charge in [-0.1, -0.05) is 6.42 Å². The highest BCUT2D eigenvalue weighted by Crippen LogP contribution is 2.39. The van der Waals surface area contributed by atoms with E-state index in [0.29, 0.717) is 6.04 Å². The van der Waals surface area contributed by atoms with Gasteiger partial charge in [0.05, 0.1) is 12.2 Å². The largest absolute Gasteiger partial charge is 0.370 e. The molecule has 0 bridgehead atoms. The molecule has 0 spiro atoms. The van der Waals surface area contributed by atoms with Gasteiger partial charge >= 0.3 is 0 Å². The molecule has 0 aromatic carbocycles. The molecule has 0 saturated heterocycles. The standard InChI is InChI=1S/C9H13N3/c1-2-7-6-10-9-4-5-11-12(9)8(7)3-1/h4-5,7-8,10H,1-3,6H2. The van der Waals surface area contributed by atoms with Crippen molar-refractivity contribution in [1.29, 1.82) is 0 Å². The van der Waals surface area contributed by atoms with Crippen LogP contribution in [0.1, 0.15) is 25.3 Å². The zero-order valence-electron chi connectivity index (χ0n) is 7.03. The molecule has 3 heteroatoms. The van der Waals surface area contributed by atoms with Gasteiger partial charge in [-0.05, 0) is 18.8 Å². The van der Waals surface area contributed by atoms with E-state index < -0.39 is 0 Å². The Kier molecular flexibility index (Phi) is 1.22. The fraction of sp³-hybridized carbons (Fsp3) is 0.667. The van der Waals surface area contributed by atoms with E-state index in [-0.39, 0.29) is 0 Å². The first-order chi connectivity index (χ1) is 5.95. The Hall–Kier alpha value is -0.990. The zero-order chi connectivity index (χ0) is 7.97. The molecule has 2 atom stereocenters. The maximum Gasteiger partial charge on any atom is 0.124 e. The lowest BCUT2D eigenvalue weighted by molar-refractivity contribution is 0.347. The van der Waals surface area contributed by atoms with Crippen molar-refractivity contribution in [3.05, 3.63) is 12.3 Å². The minimum absolute atomic E-state index is 0.691. The molecule has 3 nitrogen and oxygen atoms in total.